The van der Waals surface area contributed by atoms with E-state index in [1.165, 1.54) is 18.5 Å². The highest BCUT2D eigenvalue weighted by atomic mass is 32.2. The molecule has 0 saturated heterocycles. The van der Waals surface area contributed by atoms with Crippen molar-refractivity contribution in [2.45, 2.75) is 11.8 Å². The fourth-order valence-corrected chi connectivity index (χ4v) is 3.12. The Bertz CT molecular complexity index is 903. The number of fused-ring (bicyclic) bond motifs is 1. The highest BCUT2D eigenvalue weighted by molar-refractivity contribution is 7.92. The Kier molecular flexibility index (Phi) is 3.72. The van der Waals surface area contributed by atoms with Crippen LogP contribution >= 0.6 is 0 Å². The average Bonchev–Trinajstić information content (AvgIpc) is 2.97. The highest BCUT2D eigenvalue weighted by Crippen LogP contribution is 2.27. The van der Waals surface area contributed by atoms with Crippen LogP contribution < -0.4 is 9.46 Å². The number of nitrogens with one attached hydrogen (secondary N) is 1. The van der Waals surface area contributed by atoms with Gasteiger partial charge in [0.1, 0.15) is 11.3 Å². The van der Waals surface area contributed by atoms with E-state index in [1.807, 2.05) is 6.92 Å². The molecule has 0 fully saturated rings. The van der Waals surface area contributed by atoms with Gasteiger partial charge >= 0.3 is 0 Å². The van der Waals surface area contributed by atoms with Gasteiger partial charge in [0.25, 0.3) is 10.0 Å². The van der Waals surface area contributed by atoms with Gasteiger partial charge in [-0.05, 0) is 31.2 Å². The molecular weight excluding hydrogens is 304 g/mol. The van der Waals surface area contributed by atoms with Gasteiger partial charge in [0, 0.05) is 6.07 Å². The lowest BCUT2D eigenvalue weighted by atomic mass is 10.3. The summed E-state index contributed by atoms with van der Waals surface area (Å²) in [7, 11) is -3.74. The van der Waals surface area contributed by atoms with Crippen LogP contribution in [0.3, 0.4) is 0 Å². The molecule has 0 radical (unpaired) electrons. The minimum absolute atomic E-state index is 0.100. The molecule has 0 spiro atoms. The maximum absolute atomic E-state index is 12.5. The number of hydrogen-bond donors (Lipinski definition) is 1. The molecule has 0 amide bonds. The van der Waals surface area contributed by atoms with Gasteiger partial charge in [0.05, 0.1) is 17.2 Å². The number of rotatable bonds is 5. The molecule has 114 valence electrons. The minimum atomic E-state index is -3.74. The molecule has 1 N–H and O–H groups in total. The largest absolute Gasteiger partial charge is 0.492 e. The molecular formula is C15H14N2O4S. The standard InChI is InChI=1S/C15H14N2O4S/c1-2-20-14-6-4-3-5-13(14)17-22(18,19)11-7-8-12-15(9-11)21-10-16-12/h3-10,17H,2H2,1H3. The average molecular weight is 318 g/mol. The fraction of sp³-hybridized carbons (Fsp3) is 0.133. The summed E-state index contributed by atoms with van der Waals surface area (Å²) < 4.78 is 38.1. The van der Waals surface area contributed by atoms with E-state index in [2.05, 4.69) is 9.71 Å². The van der Waals surface area contributed by atoms with Crippen molar-refractivity contribution in [2.75, 3.05) is 11.3 Å². The lowest BCUT2D eigenvalue weighted by molar-refractivity contribution is 0.342. The second-order valence-electron chi connectivity index (χ2n) is 4.52. The third kappa shape index (κ3) is 2.75. The van der Waals surface area contributed by atoms with E-state index in [1.54, 1.807) is 30.3 Å². The second-order valence-corrected chi connectivity index (χ2v) is 6.20. The lowest BCUT2D eigenvalue weighted by Crippen LogP contribution is -2.13. The van der Waals surface area contributed by atoms with Gasteiger partial charge in [0.15, 0.2) is 12.0 Å². The number of hydrogen-bond acceptors (Lipinski definition) is 5. The van der Waals surface area contributed by atoms with E-state index in [9.17, 15) is 8.42 Å². The molecule has 0 aliphatic heterocycles. The Morgan fingerprint density at radius 3 is 2.86 bits per heavy atom. The van der Waals surface area contributed by atoms with Crippen molar-refractivity contribution in [1.29, 1.82) is 0 Å². The van der Waals surface area contributed by atoms with E-state index in [4.69, 9.17) is 9.15 Å². The summed E-state index contributed by atoms with van der Waals surface area (Å²) in [6.07, 6.45) is 1.28. The SMILES string of the molecule is CCOc1ccccc1NS(=O)(=O)c1ccc2ncoc2c1. The summed E-state index contributed by atoms with van der Waals surface area (Å²) in [5.74, 6) is 0.481. The highest BCUT2D eigenvalue weighted by Gasteiger charge is 2.17. The van der Waals surface area contributed by atoms with E-state index in [-0.39, 0.29) is 4.90 Å². The minimum Gasteiger partial charge on any atom is -0.492 e. The fourth-order valence-electron chi connectivity index (χ4n) is 2.04. The maximum atomic E-state index is 12.5. The third-order valence-corrected chi connectivity index (χ3v) is 4.41. The zero-order chi connectivity index (χ0) is 15.6. The van der Waals surface area contributed by atoms with Crippen LogP contribution in [0.4, 0.5) is 5.69 Å². The van der Waals surface area contributed by atoms with Crippen molar-refractivity contribution in [3.05, 3.63) is 48.9 Å². The first-order chi connectivity index (χ1) is 10.6. The van der Waals surface area contributed by atoms with Crippen LogP contribution in [-0.2, 0) is 10.0 Å². The Hall–Kier alpha value is -2.54. The predicted molar refractivity (Wildman–Crippen MR) is 82.4 cm³/mol. The molecule has 7 heteroatoms. The summed E-state index contributed by atoms with van der Waals surface area (Å²) in [5.41, 5.74) is 1.41. The van der Waals surface area contributed by atoms with Crippen LogP contribution in [0.2, 0.25) is 0 Å². The van der Waals surface area contributed by atoms with Crippen molar-refractivity contribution in [2.24, 2.45) is 0 Å². The first-order valence-corrected chi connectivity index (χ1v) is 8.16. The van der Waals surface area contributed by atoms with Gasteiger partial charge in [-0.25, -0.2) is 13.4 Å². The Morgan fingerprint density at radius 1 is 1.23 bits per heavy atom. The van der Waals surface area contributed by atoms with Crippen molar-refractivity contribution in [3.63, 3.8) is 0 Å². The van der Waals surface area contributed by atoms with Gasteiger partial charge < -0.3 is 9.15 Å². The van der Waals surface area contributed by atoms with Crippen LogP contribution in [0.25, 0.3) is 11.1 Å². The van der Waals surface area contributed by atoms with Crippen LogP contribution in [-0.4, -0.2) is 20.0 Å². The summed E-state index contributed by atoms with van der Waals surface area (Å²) in [5, 5.41) is 0. The first kappa shape index (κ1) is 14.4. The van der Waals surface area contributed by atoms with Crippen molar-refractivity contribution < 1.29 is 17.6 Å². The van der Waals surface area contributed by atoms with Gasteiger partial charge in [-0.1, -0.05) is 12.1 Å². The Labute approximate surface area is 127 Å². The van der Waals surface area contributed by atoms with Crippen LogP contribution in [0.5, 0.6) is 5.75 Å². The van der Waals surface area contributed by atoms with E-state index in [0.29, 0.717) is 29.1 Å². The third-order valence-electron chi connectivity index (χ3n) is 3.04. The van der Waals surface area contributed by atoms with Crippen molar-refractivity contribution >= 4 is 26.8 Å². The number of para-hydroxylation sites is 2. The Balaban J connectivity index is 1.96. The van der Waals surface area contributed by atoms with E-state index in [0.717, 1.165) is 0 Å². The van der Waals surface area contributed by atoms with Gasteiger partial charge in [-0.15, -0.1) is 0 Å². The molecule has 1 aromatic heterocycles. The number of ether oxygens (including phenoxy) is 1. The first-order valence-electron chi connectivity index (χ1n) is 6.68. The smallest absolute Gasteiger partial charge is 0.262 e. The number of sulfonamides is 1. The zero-order valence-corrected chi connectivity index (χ0v) is 12.6. The summed E-state index contributed by atoms with van der Waals surface area (Å²) in [6.45, 7) is 2.28. The monoisotopic (exact) mass is 318 g/mol. The quantitative estimate of drug-likeness (QED) is 0.782. The topological polar surface area (TPSA) is 81.4 Å². The normalized spacial score (nSPS) is 11.5. The van der Waals surface area contributed by atoms with Gasteiger partial charge in [0.2, 0.25) is 0 Å². The zero-order valence-electron chi connectivity index (χ0n) is 11.8. The molecule has 0 saturated carbocycles. The number of aromatic nitrogens is 1. The lowest BCUT2D eigenvalue weighted by Gasteiger charge is -2.12. The van der Waals surface area contributed by atoms with Gasteiger partial charge in [-0.3, -0.25) is 4.72 Å². The molecule has 0 aliphatic carbocycles. The van der Waals surface area contributed by atoms with Crippen LogP contribution in [0.1, 0.15) is 6.92 Å². The van der Waals surface area contributed by atoms with Gasteiger partial charge in [-0.2, -0.15) is 0 Å². The molecule has 6 nitrogen and oxygen atoms in total. The van der Waals surface area contributed by atoms with Crippen LogP contribution in [0.15, 0.2) is 58.2 Å². The van der Waals surface area contributed by atoms with Crippen LogP contribution in [0, 0.1) is 0 Å². The number of anilines is 1. The molecule has 22 heavy (non-hydrogen) atoms. The number of nitrogens with zero attached hydrogens (tertiary/aromatic N) is 1. The molecule has 0 bridgehead atoms. The number of oxazole rings is 1. The molecule has 0 aliphatic rings. The summed E-state index contributed by atoms with van der Waals surface area (Å²) in [4.78, 5) is 4.06. The number of benzene rings is 2. The predicted octanol–water partition coefficient (Wildman–Crippen LogP) is 3.03. The molecule has 0 atom stereocenters. The van der Waals surface area contributed by atoms with E-state index >= 15 is 0 Å². The molecule has 2 aromatic carbocycles. The molecule has 0 unspecified atom stereocenters. The molecule has 1 heterocycles. The molecule has 3 rings (SSSR count). The maximum Gasteiger partial charge on any atom is 0.262 e. The Morgan fingerprint density at radius 2 is 2.05 bits per heavy atom. The summed E-state index contributed by atoms with van der Waals surface area (Å²) >= 11 is 0. The van der Waals surface area contributed by atoms with Crippen molar-refractivity contribution in [3.8, 4) is 5.75 Å². The second kappa shape index (κ2) is 5.69. The van der Waals surface area contributed by atoms with E-state index < -0.39 is 10.0 Å². The molecule has 3 aromatic rings. The summed E-state index contributed by atoms with van der Waals surface area (Å²) in [6, 6.07) is 11.4. The van der Waals surface area contributed by atoms with Crippen molar-refractivity contribution in [1.82, 2.24) is 4.98 Å².